The number of amides is 1. The van der Waals surface area contributed by atoms with Gasteiger partial charge in [-0.25, -0.2) is 0 Å². The molecule has 5 atom stereocenters. The number of nitrogens with one attached hydrogen (secondary N) is 2. The van der Waals surface area contributed by atoms with E-state index >= 15 is 0 Å². The number of carbonyl (C=O) groups is 1. The topological polar surface area (TPSA) is 98.3 Å². The van der Waals surface area contributed by atoms with E-state index in [1.165, 1.54) is 0 Å². The average molecular weight is 421 g/mol. The second-order valence-corrected chi connectivity index (χ2v) is 8.29. The van der Waals surface area contributed by atoms with Crippen molar-refractivity contribution in [2.45, 2.75) is 68.8 Å². The van der Waals surface area contributed by atoms with E-state index in [0.717, 1.165) is 37.4 Å². The third-order valence-electron chi connectivity index (χ3n) is 6.17. The third-order valence-corrected chi connectivity index (χ3v) is 6.17. The van der Waals surface area contributed by atoms with Gasteiger partial charge in [0, 0.05) is 38.8 Å². The SMILES string of the molecule is COc1ccc(CNC(=O)CC2CC3OC(CNC4CCOCC4)C(O)C3O2)cc1. The lowest BCUT2D eigenvalue weighted by Crippen LogP contribution is -2.44. The molecule has 3 N–H and O–H groups in total. The first-order chi connectivity index (χ1) is 14.6. The number of methoxy groups -OCH3 is 1. The van der Waals surface area contributed by atoms with Crippen LogP contribution in [0.25, 0.3) is 0 Å². The summed E-state index contributed by atoms with van der Waals surface area (Å²) in [5.74, 6) is 0.721. The van der Waals surface area contributed by atoms with Crippen LogP contribution in [-0.4, -0.2) is 74.4 Å². The van der Waals surface area contributed by atoms with Gasteiger partial charge in [-0.3, -0.25) is 4.79 Å². The lowest BCUT2D eigenvalue weighted by atomic mass is 10.1. The fourth-order valence-electron chi connectivity index (χ4n) is 4.42. The Bertz CT molecular complexity index is 693. The van der Waals surface area contributed by atoms with Gasteiger partial charge in [0.1, 0.15) is 18.0 Å². The van der Waals surface area contributed by atoms with Crippen LogP contribution in [-0.2, 0) is 25.5 Å². The number of fused-ring (bicyclic) bond motifs is 1. The van der Waals surface area contributed by atoms with Crippen LogP contribution in [0.5, 0.6) is 5.75 Å². The van der Waals surface area contributed by atoms with Gasteiger partial charge in [-0.2, -0.15) is 0 Å². The molecule has 0 aliphatic carbocycles. The van der Waals surface area contributed by atoms with Gasteiger partial charge in [-0.1, -0.05) is 12.1 Å². The highest BCUT2D eigenvalue weighted by molar-refractivity contribution is 5.76. The summed E-state index contributed by atoms with van der Waals surface area (Å²) in [6.07, 6.45) is 1.19. The normalized spacial score (nSPS) is 31.5. The lowest BCUT2D eigenvalue weighted by molar-refractivity contribution is -0.124. The molecule has 3 aliphatic heterocycles. The van der Waals surface area contributed by atoms with Gasteiger partial charge in [0.15, 0.2) is 0 Å². The van der Waals surface area contributed by atoms with Gasteiger partial charge in [0.05, 0.1) is 31.8 Å². The molecule has 0 spiro atoms. The van der Waals surface area contributed by atoms with Crippen LogP contribution in [0.4, 0.5) is 0 Å². The molecule has 3 aliphatic rings. The minimum absolute atomic E-state index is 0.0667. The summed E-state index contributed by atoms with van der Waals surface area (Å²) < 4.78 is 22.5. The molecular weight excluding hydrogens is 388 g/mol. The van der Waals surface area contributed by atoms with Gasteiger partial charge in [-0.15, -0.1) is 0 Å². The summed E-state index contributed by atoms with van der Waals surface area (Å²) >= 11 is 0. The average Bonchev–Trinajstić information content (AvgIpc) is 3.30. The molecule has 3 fully saturated rings. The molecule has 5 unspecified atom stereocenters. The fourth-order valence-corrected chi connectivity index (χ4v) is 4.42. The summed E-state index contributed by atoms with van der Waals surface area (Å²) in [5, 5.41) is 17.0. The zero-order valence-corrected chi connectivity index (χ0v) is 17.4. The molecule has 3 saturated heterocycles. The number of hydrogen-bond donors (Lipinski definition) is 3. The Kier molecular flexibility index (Phi) is 7.22. The Morgan fingerprint density at radius 1 is 1.20 bits per heavy atom. The smallest absolute Gasteiger partial charge is 0.222 e. The Labute approximate surface area is 177 Å². The van der Waals surface area contributed by atoms with Gasteiger partial charge >= 0.3 is 0 Å². The molecule has 0 saturated carbocycles. The van der Waals surface area contributed by atoms with Gasteiger partial charge in [-0.05, 0) is 30.5 Å². The van der Waals surface area contributed by atoms with Crippen molar-refractivity contribution in [3.8, 4) is 5.75 Å². The van der Waals surface area contributed by atoms with E-state index in [9.17, 15) is 9.90 Å². The van der Waals surface area contributed by atoms with E-state index < -0.39 is 6.10 Å². The Morgan fingerprint density at radius 2 is 1.97 bits per heavy atom. The van der Waals surface area contributed by atoms with E-state index in [2.05, 4.69) is 10.6 Å². The van der Waals surface area contributed by atoms with Crippen molar-refractivity contribution in [3.05, 3.63) is 29.8 Å². The number of benzene rings is 1. The lowest BCUT2D eigenvalue weighted by Gasteiger charge is -2.26. The van der Waals surface area contributed by atoms with Crippen molar-refractivity contribution in [3.63, 3.8) is 0 Å². The van der Waals surface area contributed by atoms with E-state index in [1.54, 1.807) is 7.11 Å². The fraction of sp³-hybridized carbons (Fsp3) is 0.682. The Balaban J connectivity index is 1.17. The molecule has 30 heavy (non-hydrogen) atoms. The van der Waals surface area contributed by atoms with Crippen LogP contribution in [0.1, 0.15) is 31.2 Å². The van der Waals surface area contributed by atoms with E-state index in [0.29, 0.717) is 25.6 Å². The highest BCUT2D eigenvalue weighted by Crippen LogP contribution is 2.35. The second-order valence-electron chi connectivity index (χ2n) is 8.29. The molecule has 1 aromatic rings. The summed E-state index contributed by atoms with van der Waals surface area (Å²) in [6.45, 7) is 2.63. The number of aliphatic hydroxyl groups is 1. The van der Waals surface area contributed by atoms with Crippen LogP contribution in [0, 0.1) is 0 Å². The van der Waals surface area contributed by atoms with Gasteiger partial charge in [0.25, 0.3) is 0 Å². The molecule has 3 heterocycles. The molecule has 0 radical (unpaired) electrons. The largest absolute Gasteiger partial charge is 0.497 e. The molecular formula is C22H32N2O6. The first kappa shape index (κ1) is 21.5. The number of aliphatic hydroxyl groups excluding tert-OH is 1. The molecule has 8 heteroatoms. The molecule has 0 aromatic heterocycles. The molecule has 8 nitrogen and oxygen atoms in total. The van der Waals surface area contributed by atoms with Crippen molar-refractivity contribution in [2.24, 2.45) is 0 Å². The molecule has 1 amide bonds. The zero-order valence-electron chi connectivity index (χ0n) is 17.4. The molecule has 0 bridgehead atoms. The first-order valence-corrected chi connectivity index (χ1v) is 10.8. The van der Waals surface area contributed by atoms with Gasteiger partial charge in [0.2, 0.25) is 5.91 Å². The van der Waals surface area contributed by atoms with Crippen molar-refractivity contribution >= 4 is 5.91 Å². The van der Waals surface area contributed by atoms with E-state index in [4.69, 9.17) is 18.9 Å². The van der Waals surface area contributed by atoms with E-state index in [1.807, 2.05) is 24.3 Å². The predicted molar refractivity (Wildman–Crippen MR) is 109 cm³/mol. The summed E-state index contributed by atoms with van der Waals surface area (Å²) in [6, 6.07) is 8.00. The third kappa shape index (κ3) is 5.31. The van der Waals surface area contributed by atoms with Gasteiger partial charge < -0.3 is 34.7 Å². The standard InChI is InChI=1S/C22H32N2O6/c1-27-16-4-2-14(3-5-16)12-24-20(25)11-17-10-18-22(29-17)21(26)19(30-18)13-23-15-6-8-28-9-7-15/h2-5,15,17-19,21-23,26H,6-13H2,1H3,(H,24,25). The minimum atomic E-state index is -0.672. The maximum atomic E-state index is 12.3. The van der Waals surface area contributed by atoms with Crippen LogP contribution >= 0.6 is 0 Å². The van der Waals surface area contributed by atoms with Crippen LogP contribution < -0.4 is 15.4 Å². The maximum Gasteiger partial charge on any atom is 0.222 e. The highest BCUT2D eigenvalue weighted by Gasteiger charge is 2.50. The maximum absolute atomic E-state index is 12.3. The number of ether oxygens (including phenoxy) is 4. The number of rotatable bonds is 8. The van der Waals surface area contributed by atoms with Crippen molar-refractivity contribution in [1.29, 1.82) is 0 Å². The van der Waals surface area contributed by atoms with Crippen LogP contribution in [0.15, 0.2) is 24.3 Å². The Morgan fingerprint density at radius 3 is 2.67 bits per heavy atom. The second kappa shape index (κ2) is 10.1. The van der Waals surface area contributed by atoms with Crippen LogP contribution in [0.3, 0.4) is 0 Å². The summed E-state index contributed by atoms with van der Waals surface area (Å²) in [7, 11) is 1.62. The quantitative estimate of drug-likeness (QED) is 0.571. The summed E-state index contributed by atoms with van der Waals surface area (Å²) in [4.78, 5) is 12.3. The first-order valence-electron chi connectivity index (χ1n) is 10.8. The van der Waals surface area contributed by atoms with Crippen molar-refractivity contribution < 1.29 is 28.8 Å². The Hall–Kier alpha value is -1.71. The molecule has 166 valence electrons. The minimum Gasteiger partial charge on any atom is -0.497 e. The number of hydrogen-bond acceptors (Lipinski definition) is 7. The predicted octanol–water partition coefficient (Wildman–Crippen LogP) is 0.756. The highest BCUT2D eigenvalue weighted by atomic mass is 16.6. The monoisotopic (exact) mass is 420 g/mol. The van der Waals surface area contributed by atoms with E-state index in [-0.39, 0.29) is 36.7 Å². The summed E-state index contributed by atoms with van der Waals surface area (Å²) in [5.41, 5.74) is 1.01. The molecule has 1 aromatic carbocycles. The van der Waals surface area contributed by atoms with Crippen molar-refractivity contribution in [2.75, 3.05) is 26.9 Å². The zero-order chi connectivity index (χ0) is 20.9. The number of carbonyl (C=O) groups excluding carboxylic acids is 1. The van der Waals surface area contributed by atoms with Crippen molar-refractivity contribution in [1.82, 2.24) is 10.6 Å². The van der Waals surface area contributed by atoms with Crippen LogP contribution in [0.2, 0.25) is 0 Å². The molecule has 4 rings (SSSR count).